The molecule has 7 heteroatoms. The minimum Gasteiger partial charge on any atom is -0.348 e. The Balaban J connectivity index is 1.52. The van der Waals surface area contributed by atoms with Gasteiger partial charge in [0.15, 0.2) is 0 Å². The molecule has 2 N–H and O–H groups in total. The van der Waals surface area contributed by atoms with E-state index < -0.39 is 36.0 Å². The number of benzene rings is 3. The van der Waals surface area contributed by atoms with E-state index >= 15 is 0 Å². The van der Waals surface area contributed by atoms with Gasteiger partial charge >= 0.3 is 6.03 Å². The van der Waals surface area contributed by atoms with Crippen molar-refractivity contribution in [3.05, 3.63) is 107 Å². The molecular formula is C27H26FN3O3. The van der Waals surface area contributed by atoms with E-state index in [1.165, 1.54) is 12.1 Å². The number of urea groups is 1. The van der Waals surface area contributed by atoms with E-state index in [9.17, 15) is 18.8 Å². The van der Waals surface area contributed by atoms with Crippen LogP contribution in [-0.4, -0.2) is 34.8 Å². The molecule has 34 heavy (non-hydrogen) atoms. The molecule has 0 saturated carbocycles. The zero-order chi connectivity index (χ0) is 24.1. The fraction of sp³-hybridized carbons (Fsp3) is 0.222. The van der Waals surface area contributed by atoms with Crippen molar-refractivity contribution in [2.45, 2.75) is 31.3 Å². The van der Waals surface area contributed by atoms with Gasteiger partial charge in [0.25, 0.3) is 5.91 Å². The van der Waals surface area contributed by atoms with E-state index in [0.717, 1.165) is 21.6 Å². The van der Waals surface area contributed by atoms with Crippen molar-refractivity contribution in [1.82, 2.24) is 15.5 Å². The van der Waals surface area contributed by atoms with Gasteiger partial charge in [-0.05, 0) is 35.7 Å². The van der Waals surface area contributed by atoms with Gasteiger partial charge in [-0.25, -0.2) is 9.18 Å². The summed E-state index contributed by atoms with van der Waals surface area (Å²) in [5, 5.41) is 5.65. The minimum atomic E-state index is -1.19. The van der Waals surface area contributed by atoms with Gasteiger partial charge < -0.3 is 10.6 Å². The lowest BCUT2D eigenvalue weighted by Gasteiger charge is -2.27. The number of nitrogens with zero attached hydrogens (tertiary/aromatic N) is 1. The highest BCUT2D eigenvalue weighted by molar-refractivity contribution is 6.09. The molecule has 0 bridgehead atoms. The zero-order valence-corrected chi connectivity index (χ0v) is 18.8. The molecule has 0 aromatic heterocycles. The Hall–Kier alpha value is -4.00. The van der Waals surface area contributed by atoms with E-state index in [0.29, 0.717) is 12.8 Å². The molecule has 3 aromatic rings. The Bertz CT molecular complexity index is 1130. The highest BCUT2D eigenvalue weighted by atomic mass is 19.1. The first-order valence-corrected chi connectivity index (χ1v) is 11.1. The highest BCUT2D eigenvalue weighted by Crippen LogP contribution is 2.27. The third kappa shape index (κ3) is 5.14. The minimum absolute atomic E-state index is 0.303. The number of hydrogen-bond acceptors (Lipinski definition) is 3. The van der Waals surface area contributed by atoms with Crippen molar-refractivity contribution in [3.8, 4) is 0 Å². The summed E-state index contributed by atoms with van der Waals surface area (Å²) < 4.78 is 13.2. The first-order valence-electron chi connectivity index (χ1n) is 11.1. The van der Waals surface area contributed by atoms with Gasteiger partial charge in [0.1, 0.15) is 17.9 Å². The Kier molecular flexibility index (Phi) is 6.72. The van der Waals surface area contributed by atoms with Crippen molar-refractivity contribution in [2.75, 3.05) is 6.54 Å². The summed E-state index contributed by atoms with van der Waals surface area (Å²) in [6, 6.07) is 23.7. The average Bonchev–Trinajstić information content (AvgIpc) is 3.04. The first-order chi connectivity index (χ1) is 16.4. The quantitative estimate of drug-likeness (QED) is 0.504. The van der Waals surface area contributed by atoms with Gasteiger partial charge in [-0.3, -0.25) is 14.5 Å². The van der Waals surface area contributed by atoms with Crippen molar-refractivity contribution in [3.63, 3.8) is 0 Å². The molecule has 1 saturated heterocycles. The largest absolute Gasteiger partial charge is 0.348 e. The summed E-state index contributed by atoms with van der Waals surface area (Å²) in [5.74, 6) is -1.28. The molecule has 1 fully saturated rings. The highest BCUT2D eigenvalue weighted by Gasteiger charge is 2.51. The van der Waals surface area contributed by atoms with Crippen molar-refractivity contribution in [1.29, 1.82) is 0 Å². The predicted molar refractivity (Wildman–Crippen MR) is 126 cm³/mol. The molecule has 6 nitrogen and oxygen atoms in total. The van der Waals surface area contributed by atoms with Crippen molar-refractivity contribution < 1.29 is 18.8 Å². The van der Waals surface area contributed by atoms with Gasteiger partial charge in [-0.1, -0.05) is 72.8 Å². The molecule has 1 aliphatic rings. The molecule has 3 aromatic carbocycles. The number of carbonyl (C=O) groups excluding carboxylic acids is 3. The van der Waals surface area contributed by atoms with Crippen molar-refractivity contribution in [2.24, 2.45) is 0 Å². The van der Waals surface area contributed by atoms with Crippen LogP contribution < -0.4 is 10.6 Å². The van der Waals surface area contributed by atoms with Crippen LogP contribution in [0.2, 0.25) is 0 Å². The summed E-state index contributed by atoms with van der Waals surface area (Å²) >= 11 is 0. The van der Waals surface area contributed by atoms with Crippen LogP contribution in [-0.2, 0) is 22.4 Å². The summed E-state index contributed by atoms with van der Waals surface area (Å²) in [6.45, 7) is 1.35. The zero-order valence-electron chi connectivity index (χ0n) is 18.8. The van der Waals surface area contributed by atoms with Crippen LogP contribution in [0.1, 0.15) is 29.7 Å². The molecule has 174 valence electrons. The lowest BCUT2D eigenvalue weighted by Crippen LogP contribution is -2.51. The second-order valence-electron chi connectivity index (χ2n) is 8.57. The molecule has 1 heterocycles. The molecular weight excluding hydrogens is 433 g/mol. The van der Waals surface area contributed by atoms with E-state index in [1.54, 1.807) is 19.1 Å². The summed E-state index contributed by atoms with van der Waals surface area (Å²) in [5.41, 5.74) is 1.34. The number of halogens is 1. The molecule has 0 aliphatic carbocycles. The van der Waals surface area contributed by atoms with E-state index in [2.05, 4.69) is 10.6 Å². The monoisotopic (exact) mass is 459 g/mol. The number of carbonyl (C=O) groups is 3. The number of rotatable bonds is 8. The first kappa shape index (κ1) is 23.2. The van der Waals surface area contributed by atoms with Gasteiger partial charge in [0, 0.05) is 12.8 Å². The van der Waals surface area contributed by atoms with Crippen LogP contribution in [0.15, 0.2) is 84.9 Å². The van der Waals surface area contributed by atoms with Crippen molar-refractivity contribution >= 4 is 17.8 Å². The predicted octanol–water partition coefficient (Wildman–Crippen LogP) is 3.78. The Morgan fingerprint density at radius 3 is 1.97 bits per heavy atom. The second kappa shape index (κ2) is 9.87. The standard InChI is InChI=1S/C27H26FN3O3/c1-19(22-12-14-23(28)15-13-22)29-24(32)18-31-25(33)27(30-26(31)34,16-20-8-4-2-5-9-20)17-21-10-6-3-7-11-21/h2-15,19H,16-18H2,1H3,(H,29,32)(H,30,34)/t19-/m0/s1. The molecule has 0 spiro atoms. The topological polar surface area (TPSA) is 78.5 Å². The molecule has 4 amide bonds. The summed E-state index contributed by atoms with van der Waals surface area (Å²) in [6.07, 6.45) is 0.606. The van der Waals surface area contributed by atoms with Gasteiger partial charge in [0.2, 0.25) is 5.91 Å². The maximum Gasteiger partial charge on any atom is 0.325 e. The maximum absolute atomic E-state index is 13.6. The van der Waals surface area contributed by atoms with Gasteiger partial charge in [-0.2, -0.15) is 0 Å². The fourth-order valence-electron chi connectivity index (χ4n) is 4.28. The molecule has 1 aliphatic heterocycles. The van der Waals surface area contributed by atoms with Crippen LogP contribution in [0, 0.1) is 5.82 Å². The van der Waals surface area contributed by atoms with E-state index in [4.69, 9.17) is 0 Å². The van der Waals surface area contributed by atoms with Gasteiger partial charge in [0.05, 0.1) is 6.04 Å². The Labute approximate surface area is 197 Å². The number of amides is 4. The van der Waals surface area contributed by atoms with Crippen LogP contribution in [0.25, 0.3) is 0 Å². The third-order valence-corrected chi connectivity index (χ3v) is 5.99. The van der Waals surface area contributed by atoms with Crippen LogP contribution in [0.5, 0.6) is 0 Å². The maximum atomic E-state index is 13.6. The van der Waals surface area contributed by atoms with Gasteiger partial charge in [-0.15, -0.1) is 0 Å². The smallest absolute Gasteiger partial charge is 0.325 e. The number of hydrogen-bond donors (Lipinski definition) is 2. The third-order valence-electron chi connectivity index (χ3n) is 5.99. The lowest BCUT2D eigenvalue weighted by atomic mass is 9.84. The van der Waals surface area contributed by atoms with Crippen LogP contribution >= 0.6 is 0 Å². The molecule has 0 unspecified atom stereocenters. The Morgan fingerprint density at radius 1 is 0.912 bits per heavy atom. The molecule has 0 radical (unpaired) electrons. The fourth-order valence-corrected chi connectivity index (χ4v) is 4.28. The SMILES string of the molecule is C[C@H](NC(=O)CN1C(=O)NC(Cc2ccccc2)(Cc2ccccc2)C1=O)c1ccc(F)cc1. The average molecular weight is 460 g/mol. The van der Waals surface area contributed by atoms with E-state index in [-0.39, 0.29) is 5.82 Å². The normalized spacial score (nSPS) is 15.6. The summed E-state index contributed by atoms with van der Waals surface area (Å²) in [4.78, 5) is 40.2. The molecule has 1 atom stereocenters. The Morgan fingerprint density at radius 2 is 1.44 bits per heavy atom. The number of imide groups is 1. The number of nitrogens with one attached hydrogen (secondary N) is 2. The summed E-state index contributed by atoms with van der Waals surface area (Å²) in [7, 11) is 0. The lowest BCUT2D eigenvalue weighted by molar-refractivity contribution is -0.135. The molecule has 4 rings (SSSR count). The van der Waals surface area contributed by atoms with Crippen LogP contribution in [0.4, 0.5) is 9.18 Å². The van der Waals surface area contributed by atoms with E-state index in [1.807, 2.05) is 60.7 Å². The van der Waals surface area contributed by atoms with Crippen LogP contribution in [0.3, 0.4) is 0 Å². The second-order valence-corrected chi connectivity index (χ2v) is 8.57.